The molecule has 0 spiro atoms. The Morgan fingerprint density at radius 1 is 1.44 bits per heavy atom. The van der Waals surface area contributed by atoms with E-state index in [0.29, 0.717) is 12.7 Å². The fraction of sp³-hybridized carbons (Fsp3) is 0. The van der Waals surface area contributed by atoms with Crippen LogP contribution in [-0.2, 0) is 39.4 Å². The van der Waals surface area contributed by atoms with Crippen LogP contribution in [0.25, 0.3) is 0 Å². The third-order valence-corrected chi connectivity index (χ3v) is 0. The summed E-state index contributed by atoms with van der Waals surface area (Å²) in [4.78, 5) is 0. The van der Waals surface area contributed by atoms with E-state index in [9.17, 15) is 0 Å². The summed E-state index contributed by atoms with van der Waals surface area (Å²) in [7, 11) is 5.24. The average Bonchev–Trinajstić information content (AvgIpc) is 1.27. The molecular formula is H3Cl2NNi2O3S. The predicted molar refractivity (Wildman–Crippen MR) is 27.4 cm³/mol. The van der Waals surface area contributed by atoms with E-state index in [1.165, 1.54) is 0 Å². The minimum atomic E-state index is -4.17. The molecule has 0 atom stereocenters. The van der Waals surface area contributed by atoms with Gasteiger partial charge in [0.1, 0.15) is 0 Å². The molecule has 9 heteroatoms. The molecular weight excluding hydrogens is 282 g/mol. The van der Waals surface area contributed by atoms with Crippen molar-refractivity contribution in [3.8, 4) is 0 Å². The Morgan fingerprint density at radius 3 is 1.44 bits per heavy atom. The Kier molecular flexibility index (Phi) is 17.6. The normalized spacial score (nSPS) is 8.89. The summed E-state index contributed by atoms with van der Waals surface area (Å²) in [6.45, 7) is 0. The smallest absolute Gasteiger partial charge is 0 e. The molecule has 0 saturated carbocycles. The summed E-state index contributed by atoms with van der Waals surface area (Å²) in [6, 6.07) is 0. The van der Waals surface area contributed by atoms with Gasteiger partial charge in [-0.2, -0.15) is 8.42 Å². The molecule has 66 valence electrons. The summed E-state index contributed by atoms with van der Waals surface area (Å²) in [6.07, 6.45) is 0. The van der Waals surface area contributed by atoms with E-state index in [2.05, 4.69) is 5.14 Å². The fourth-order valence-electron chi connectivity index (χ4n) is 0. The van der Waals surface area contributed by atoms with Gasteiger partial charge in [0.05, 0.1) is 0 Å². The Bertz CT molecular complexity index is 114. The SMILES string of the molecule is NS(=O)(=O)O.[Cl][Ni][Cl].[Ni]. The van der Waals surface area contributed by atoms with Crippen LogP contribution in [0.5, 0.6) is 0 Å². The first-order chi connectivity index (χ1) is 3.41. The number of hydrogen-bond donors (Lipinski definition) is 2. The second kappa shape index (κ2) is 9.44. The van der Waals surface area contributed by atoms with Crippen LogP contribution in [0.1, 0.15) is 0 Å². The molecule has 0 rings (SSSR count). The third-order valence-electron chi connectivity index (χ3n) is 0. The average molecular weight is 285 g/mol. The van der Waals surface area contributed by atoms with E-state index < -0.39 is 10.3 Å². The summed E-state index contributed by atoms with van der Waals surface area (Å²) < 4.78 is 25.2. The van der Waals surface area contributed by atoms with Crippen molar-refractivity contribution in [1.82, 2.24) is 0 Å². The van der Waals surface area contributed by atoms with E-state index in [4.69, 9.17) is 33.4 Å². The van der Waals surface area contributed by atoms with Crippen molar-refractivity contribution in [2.24, 2.45) is 5.14 Å². The molecule has 3 N–H and O–H groups in total. The molecule has 0 aromatic carbocycles. The molecule has 0 aliphatic heterocycles. The molecule has 0 fully saturated rings. The van der Waals surface area contributed by atoms with Gasteiger partial charge in [0, 0.05) is 16.5 Å². The van der Waals surface area contributed by atoms with Crippen molar-refractivity contribution in [2.75, 3.05) is 0 Å². The molecule has 0 aromatic rings. The predicted octanol–water partition coefficient (Wildman–Crippen LogP) is 0.122. The monoisotopic (exact) mass is 283 g/mol. The second-order valence-corrected chi connectivity index (χ2v) is 3.22. The molecule has 0 saturated heterocycles. The molecule has 0 aliphatic carbocycles. The van der Waals surface area contributed by atoms with Gasteiger partial charge in [-0.05, 0) is 0 Å². The van der Waals surface area contributed by atoms with Gasteiger partial charge in [-0.1, -0.05) is 0 Å². The Hall–Kier alpha value is 1.44. The molecule has 4 nitrogen and oxygen atoms in total. The maximum absolute atomic E-state index is 8.97. The quantitative estimate of drug-likeness (QED) is 0.490. The van der Waals surface area contributed by atoms with Gasteiger partial charge < -0.3 is 0 Å². The molecule has 9 heavy (non-hydrogen) atoms. The van der Waals surface area contributed by atoms with Gasteiger partial charge >= 0.3 is 43.3 Å². The van der Waals surface area contributed by atoms with Crippen LogP contribution in [0, 0.1) is 0 Å². The summed E-state index contributed by atoms with van der Waals surface area (Å²) in [5, 5.41) is 3.88. The zero-order valence-electron chi connectivity index (χ0n) is 3.64. The van der Waals surface area contributed by atoms with E-state index in [0.717, 1.165) is 0 Å². The van der Waals surface area contributed by atoms with Crippen LogP contribution in [0.2, 0.25) is 0 Å². The van der Waals surface area contributed by atoms with E-state index in [1.54, 1.807) is 0 Å². The summed E-state index contributed by atoms with van der Waals surface area (Å²) in [5.74, 6) is 0. The number of rotatable bonds is 0. The standard InChI is InChI=1S/2ClH.H3NO3S.2Ni/c;;1-5(2,3)4;;/h2*1H;(H3,1,2,3,4);;/q;;;;+2/p-2. The molecule has 0 heterocycles. The molecule has 0 radical (unpaired) electrons. The maximum atomic E-state index is 8.97. The van der Waals surface area contributed by atoms with Crippen LogP contribution in [-0.4, -0.2) is 13.0 Å². The van der Waals surface area contributed by atoms with Gasteiger partial charge in [0.2, 0.25) is 0 Å². The van der Waals surface area contributed by atoms with E-state index in [1.807, 2.05) is 0 Å². The van der Waals surface area contributed by atoms with Crippen LogP contribution in [0.3, 0.4) is 0 Å². The molecule has 0 aromatic heterocycles. The van der Waals surface area contributed by atoms with Gasteiger partial charge in [-0.15, -0.1) is 0 Å². The van der Waals surface area contributed by atoms with Gasteiger partial charge in [-0.25, -0.2) is 5.14 Å². The number of halogens is 2. The first kappa shape index (κ1) is 16.8. The first-order valence-corrected chi connectivity index (χ1v) is 5.21. The van der Waals surface area contributed by atoms with Crippen molar-refractivity contribution in [3.63, 3.8) is 0 Å². The van der Waals surface area contributed by atoms with Crippen molar-refractivity contribution < 1.29 is 42.1 Å². The third kappa shape index (κ3) is 253. The van der Waals surface area contributed by atoms with Gasteiger partial charge in [0.15, 0.2) is 0 Å². The Morgan fingerprint density at radius 2 is 1.44 bits per heavy atom. The van der Waals surface area contributed by atoms with E-state index >= 15 is 0 Å². The molecule has 0 amide bonds. The summed E-state index contributed by atoms with van der Waals surface area (Å²) in [5.41, 5.74) is 0. The van der Waals surface area contributed by atoms with Crippen molar-refractivity contribution in [1.29, 1.82) is 0 Å². The molecule has 0 aliphatic rings. The number of hydrogen-bond acceptors (Lipinski definition) is 2. The zero-order valence-corrected chi connectivity index (χ0v) is 7.94. The fourth-order valence-corrected chi connectivity index (χ4v) is 0. The van der Waals surface area contributed by atoms with Crippen LogP contribution >= 0.6 is 20.4 Å². The van der Waals surface area contributed by atoms with Crippen molar-refractivity contribution in [2.45, 2.75) is 0 Å². The minimum Gasteiger partial charge on any atom is 0 e. The second-order valence-electron chi connectivity index (χ2n) is 0.560. The zero-order chi connectivity index (χ0) is 7.21. The first-order valence-electron chi connectivity index (χ1n) is 0.991. The molecule has 0 bridgehead atoms. The van der Waals surface area contributed by atoms with Crippen LogP contribution in [0.4, 0.5) is 0 Å². The Labute approximate surface area is 77.6 Å². The Balaban J connectivity index is -0.0000000800. The van der Waals surface area contributed by atoms with Crippen LogP contribution in [0.15, 0.2) is 0 Å². The van der Waals surface area contributed by atoms with E-state index in [-0.39, 0.29) is 16.5 Å². The van der Waals surface area contributed by atoms with Crippen LogP contribution < -0.4 is 5.14 Å². The van der Waals surface area contributed by atoms with Crippen molar-refractivity contribution >= 4 is 30.7 Å². The largest absolute Gasteiger partial charge is 0 e. The van der Waals surface area contributed by atoms with Gasteiger partial charge in [0.25, 0.3) is 0 Å². The molecule has 0 unspecified atom stereocenters. The van der Waals surface area contributed by atoms with Crippen molar-refractivity contribution in [3.05, 3.63) is 0 Å². The number of nitrogens with two attached hydrogens (primary N) is 1. The van der Waals surface area contributed by atoms with Gasteiger partial charge in [-0.3, -0.25) is 4.55 Å². The summed E-state index contributed by atoms with van der Waals surface area (Å²) >= 11 is 0.569. The topological polar surface area (TPSA) is 80.4 Å². The minimum absolute atomic E-state index is 0. The maximum Gasteiger partial charge on any atom is 0 e.